The summed E-state index contributed by atoms with van der Waals surface area (Å²) in [6, 6.07) is 8.90. The van der Waals surface area contributed by atoms with E-state index in [-0.39, 0.29) is 23.1 Å². The van der Waals surface area contributed by atoms with Crippen LogP contribution in [0.25, 0.3) is 10.2 Å². The second-order valence-electron chi connectivity index (χ2n) is 5.31. The molecule has 0 spiro atoms. The lowest BCUT2D eigenvalue weighted by Gasteiger charge is -2.17. The predicted molar refractivity (Wildman–Crippen MR) is 101 cm³/mol. The van der Waals surface area contributed by atoms with Gasteiger partial charge in [-0.05, 0) is 46.3 Å². The maximum Gasteiger partial charge on any atom is 0.270 e. The highest BCUT2D eigenvalue weighted by atomic mass is 79.9. The summed E-state index contributed by atoms with van der Waals surface area (Å²) in [6.45, 7) is 0.130. The lowest BCUT2D eigenvalue weighted by atomic mass is 10.3. The Hall–Kier alpha value is -2.10. The molecule has 0 saturated carbocycles. The largest absolute Gasteiger partial charge is 0.467 e. The third-order valence-corrected chi connectivity index (χ3v) is 6.19. The molecule has 0 aliphatic heterocycles. The second-order valence-corrected chi connectivity index (χ2v) is 8.78. The predicted octanol–water partition coefficient (Wildman–Crippen LogP) is 5.84. The number of amides is 1. The highest BCUT2D eigenvalue weighted by molar-refractivity contribution is 9.11. The third-order valence-electron chi connectivity index (χ3n) is 3.56. The van der Waals surface area contributed by atoms with Crippen LogP contribution in [0, 0.1) is 11.6 Å². The van der Waals surface area contributed by atoms with Crippen LogP contribution in [-0.4, -0.2) is 10.9 Å². The number of halogens is 3. The van der Waals surface area contributed by atoms with E-state index in [1.54, 1.807) is 24.3 Å². The van der Waals surface area contributed by atoms with Gasteiger partial charge in [-0.15, -0.1) is 11.3 Å². The molecule has 3 aromatic heterocycles. The first-order chi connectivity index (χ1) is 12.5. The Kier molecular flexibility index (Phi) is 4.60. The van der Waals surface area contributed by atoms with Crippen LogP contribution in [0.5, 0.6) is 0 Å². The number of furan rings is 1. The number of nitrogens with zero attached hydrogens (tertiary/aromatic N) is 2. The van der Waals surface area contributed by atoms with Crippen LogP contribution < -0.4 is 4.90 Å². The summed E-state index contributed by atoms with van der Waals surface area (Å²) in [6.07, 6.45) is 1.51. The molecule has 1 amide bonds. The smallest absolute Gasteiger partial charge is 0.270 e. The van der Waals surface area contributed by atoms with Crippen molar-refractivity contribution < 1.29 is 18.0 Å². The summed E-state index contributed by atoms with van der Waals surface area (Å²) in [7, 11) is 0. The highest BCUT2D eigenvalue weighted by Gasteiger charge is 2.25. The summed E-state index contributed by atoms with van der Waals surface area (Å²) < 4.78 is 34.0. The van der Waals surface area contributed by atoms with E-state index in [1.165, 1.54) is 28.6 Å². The fourth-order valence-electron chi connectivity index (χ4n) is 2.41. The van der Waals surface area contributed by atoms with Crippen molar-refractivity contribution in [3.63, 3.8) is 0 Å². The summed E-state index contributed by atoms with van der Waals surface area (Å²) >= 11 is 5.67. The van der Waals surface area contributed by atoms with E-state index in [9.17, 15) is 13.6 Å². The molecule has 3 heterocycles. The summed E-state index contributed by atoms with van der Waals surface area (Å²) in [4.78, 5) is 19.1. The Morgan fingerprint density at radius 3 is 2.77 bits per heavy atom. The lowest BCUT2D eigenvalue weighted by Crippen LogP contribution is -2.29. The minimum absolute atomic E-state index is 0.0380. The zero-order valence-corrected chi connectivity index (χ0v) is 16.1. The molecule has 0 bridgehead atoms. The maximum absolute atomic E-state index is 14.0. The molecule has 4 aromatic rings. The molecular formula is C17H9BrF2N2O2S2. The number of aromatic nitrogens is 1. The van der Waals surface area contributed by atoms with Gasteiger partial charge in [0.25, 0.3) is 5.91 Å². The monoisotopic (exact) mass is 454 g/mol. The normalized spacial score (nSPS) is 11.2. The van der Waals surface area contributed by atoms with E-state index in [0.717, 1.165) is 21.2 Å². The Balaban J connectivity index is 1.79. The average Bonchev–Trinajstić information content (AvgIpc) is 3.32. The fraction of sp³-hybridized carbons (Fsp3) is 0.0588. The number of carbonyl (C=O) groups is 1. The minimum Gasteiger partial charge on any atom is -0.467 e. The highest BCUT2D eigenvalue weighted by Crippen LogP contribution is 2.34. The van der Waals surface area contributed by atoms with Gasteiger partial charge in [-0.2, -0.15) is 0 Å². The van der Waals surface area contributed by atoms with Gasteiger partial charge in [0.1, 0.15) is 17.1 Å². The molecule has 132 valence electrons. The van der Waals surface area contributed by atoms with Crippen molar-refractivity contribution in [3.8, 4) is 0 Å². The number of fused-ring (bicyclic) bond motifs is 1. The Morgan fingerprint density at radius 1 is 1.23 bits per heavy atom. The number of hydrogen-bond acceptors (Lipinski definition) is 5. The molecule has 0 aliphatic carbocycles. The van der Waals surface area contributed by atoms with Gasteiger partial charge in [0.2, 0.25) is 0 Å². The number of carbonyl (C=O) groups excluding carboxylic acids is 1. The average molecular weight is 455 g/mol. The molecule has 0 N–H and O–H groups in total. The first-order valence-corrected chi connectivity index (χ1v) is 9.79. The Morgan fingerprint density at radius 2 is 2.08 bits per heavy atom. The molecule has 4 rings (SSSR count). The van der Waals surface area contributed by atoms with Gasteiger partial charge in [0, 0.05) is 6.07 Å². The molecule has 9 heteroatoms. The van der Waals surface area contributed by atoms with E-state index in [2.05, 4.69) is 20.9 Å². The van der Waals surface area contributed by atoms with Crippen LogP contribution in [0.4, 0.5) is 13.9 Å². The van der Waals surface area contributed by atoms with E-state index in [4.69, 9.17) is 4.42 Å². The standard InChI is InChI=1S/C17H9BrF2N2O2S2/c18-14-4-3-12(25-14)16(23)22(8-10-2-1-5-24-10)17-21-15-11(20)6-9(19)7-13(15)26-17/h1-7H,8H2. The van der Waals surface area contributed by atoms with Crippen molar-refractivity contribution >= 4 is 59.9 Å². The number of thiazole rings is 1. The molecule has 0 radical (unpaired) electrons. The van der Waals surface area contributed by atoms with Crippen LogP contribution in [-0.2, 0) is 6.54 Å². The molecule has 1 aromatic carbocycles. The van der Waals surface area contributed by atoms with Crippen molar-refractivity contribution in [3.05, 3.63) is 68.7 Å². The van der Waals surface area contributed by atoms with E-state index < -0.39 is 11.6 Å². The summed E-state index contributed by atoms with van der Waals surface area (Å²) in [5.74, 6) is -1.18. The molecule has 26 heavy (non-hydrogen) atoms. The van der Waals surface area contributed by atoms with Gasteiger partial charge in [-0.3, -0.25) is 9.69 Å². The van der Waals surface area contributed by atoms with E-state index in [0.29, 0.717) is 15.3 Å². The third kappa shape index (κ3) is 3.29. The van der Waals surface area contributed by atoms with Crippen molar-refractivity contribution in [2.45, 2.75) is 6.54 Å². The van der Waals surface area contributed by atoms with Crippen molar-refractivity contribution in [1.82, 2.24) is 4.98 Å². The van der Waals surface area contributed by atoms with Gasteiger partial charge >= 0.3 is 0 Å². The van der Waals surface area contributed by atoms with Gasteiger partial charge in [-0.25, -0.2) is 13.8 Å². The SMILES string of the molecule is O=C(c1ccc(Br)s1)N(Cc1ccco1)c1nc2c(F)cc(F)cc2s1. The van der Waals surface area contributed by atoms with Gasteiger partial charge in [0.15, 0.2) is 10.9 Å². The molecule has 0 saturated heterocycles. The van der Waals surface area contributed by atoms with Crippen LogP contribution >= 0.6 is 38.6 Å². The number of rotatable bonds is 4. The van der Waals surface area contributed by atoms with Gasteiger partial charge < -0.3 is 4.42 Å². The molecule has 4 nitrogen and oxygen atoms in total. The topological polar surface area (TPSA) is 46.3 Å². The molecule has 0 fully saturated rings. The van der Waals surface area contributed by atoms with Crippen molar-refractivity contribution in [2.24, 2.45) is 0 Å². The first kappa shape index (κ1) is 17.3. The molecule has 0 atom stereocenters. The molecular weight excluding hydrogens is 446 g/mol. The van der Waals surface area contributed by atoms with E-state index in [1.807, 2.05) is 0 Å². The number of anilines is 1. The zero-order valence-electron chi connectivity index (χ0n) is 12.9. The molecule has 0 unspecified atom stereocenters. The summed E-state index contributed by atoms with van der Waals surface area (Å²) in [5.41, 5.74) is 0.0380. The Bertz CT molecular complexity index is 1090. The summed E-state index contributed by atoms with van der Waals surface area (Å²) in [5, 5.41) is 0.274. The van der Waals surface area contributed by atoms with Crippen molar-refractivity contribution in [1.29, 1.82) is 0 Å². The van der Waals surface area contributed by atoms with Crippen LogP contribution in [0.1, 0.15) is 15.4 Å². The second kappa shape index (κ2) is 6.90. The number of hydrogen-bond donors (Lipinski definition) is 0. The van der Waals surface area contributed by atoms with Crippen molar-refractivity contribution in [2.75, 3.05) is 4.90 Å². The van der Waals surface area contributed by atoms with Crippen LogP contribution in [0.2, 0.25) is 0 Å². The first-order valence-electron chi connectivity index (χ1n) is 7.36. The maximum atomic E-state index is 14.0. The van der Waals surface area contributed by atoms with Crippen LogP contribution in [0.3, 0.4) is 0 Å². The fourth-order valence-corrected chi connectivity index (χ4v) is 4.75. The van der Waals surface area contributed by atoms with Gasteiger partial charge in [0.05, 0.1) is 26.2 Å². The molecule has 0 aliphatic rings. The minimum atomic E-state index is -0.758. The zero-order chi connectivity index (χ0) is 18.3. The van der Waals surface area contributed by atoms with Crippen LogP contribution in [0.15, 0.2) is 50.9 Å². The lowest BCUT2D eigenvalue weighted by molar-refractivity contribution is 0.0987. The quantitative estimate of drug-likeness (QED) is 0.389. The van der Waals surface area contributed by atoms with E-state index >= 15 is 0 Å². The Labute approximate surface area is 162 Å². The van der Waals surface area contributed by atoms with Gasteiger partial charge in [-0.1, -0.05) is 11.3 Å². The number of thiophene rings is 1. The number of benzene rings is 1.